The van der Waals surface area contributed by atoms with Crippen LogP contribution in [0.15, 0.2) is 21.9 Å². The second kappa shape index (κ2) is 9.97. The Hall–Kier alpha value is -1.17. The minimum absolute atomic E-state index is 0.0486. The molecule has 1 saturated heterocycles. The summed E-state index contributed by atoms with van der Waals surface area (Å²) in [6.45, 7) is 0.460. The summed E-state index contributed by atoms with van der Waals surface area (Å²) in [6, 6.07) is 4.15. The molecule has 30 heavy (non-hydrogen) atoms. The molecule has 2 fully saturated rings. The van der Waals surface area contributed by atoms with Crippen LogP contribution in [0.25, 0.3) is 0 Å². The van der Waals surface area contributed by atoms with E-state index in [0.29, 0.717) is 19.0 Å². The number of hydrogen-bond acceptors (Lipinski definition) is 9. The molecule has 1 aliphatic carbocycles. The average molecular weight is 487 g/mol. The molecule has 0 bridgehead atoms. The van der Waals surface area contributed by atoms with Gasteiger partial charge < -0.3 is 10.2 Å². The van der Waals surface area contributed by atoms with E-state index in [2.05, 4.69) is 15.5 Å². The van der Waals surface area contributed by atoms with Gasteiger partial charge in [-0.2, -0.15) is 0 Å². The second-order valence-corrected chi connectivity index (χ2v) is 13.3. The summed E-state index contributed by atoms with van der Waals surface area (Å²) in [5, 5.41) is 14.7. The minimum atomic E-state index is -3.06. The highest BCUT2D eigenvalue weighted by Gasteiger charge is 2.34. The molecule has 2 aromatic rings. The number of aromatic nitrogens is 2. The standard InChI is InChI=1S/C19H26N4O3S4/c24-17(12-28-19-22-21-18(29-19)20-14-5-2-1-3-6-14)23(11-16-7-4-9-27-16)15-8-10-30(25,26)13-15/h4,7,9,14-15H,1-3,5-6,8,10-13H2,(H,20,21). The van der Waals surface area contributed by atoms with Crippen molar-refractivity contribution in [1.29, 1.82) is 0 Å². The van der Waals surface area contributed by atoms with Gasteiger partial charge in [-0.1, -0.05) is 48.4 Å². The predicted molar refractivity (Wildman–Crippen MR) is 123 cm³/mol. The summed E-state index contributed by atoms with van der Waals surface area (Å²) in [4.78, 5) is 15.8. The number of nitrogens with one attached hydrogen (secondary N) is 1. The molecule has 1 atom stereocenters. The van der Waals surface area contributed by atoms with Crippen molar-refractivity contribution in [3.8, 4) is 0 Å². The highest BCUT2D eigenvalue weighted by Crippen LogP contribution is 2.29. The van der Waals surface area contributed by atoms with Gasteiger partial charge in [-0.3, -0.25) is 4.79 Å². The van der Waals surface area contributed by atoms with Gasteiger partial charge in [-0.25, -0.2) is 8.42 Å². The maximum Gasteiger partial charge on any atom is 0.233 e. The largest absolute Gasteiger partial charge is 0.357 e. The van der Waals surface area contributed by atoms with Crippen LogP contribution in [-0.2, 0) is 21.2 Å². The first-order chi connectivity index (χ1) is 14.5. The van der Waals surface area contributed by atoms with E-state index in [9.17, 15) is 13.2 Å². The summed E-state index contributed by atoms with van der Waals surface area (Å²) in [5.74, 6) is 0.404. The normalized spacial score (nSPS) is 21.5. The van der Waals surface area contributed by atoms with Crippen molar-refractivity contribution in [2.24, 2.45) is 0 Å². The lowest BCUT2D eigenvalue weighted by Crippen LogP contribution is -2.41. The Balaban J connectivity index is 1.35. The SMILES string of the molecule is O=C(CSc1nnc(NC2CCCCC2)s1)N(Cc1cccs1)C1CCS(=O)(=O)C1. The Labute approximate surface area is 189 Å². The van der Waals surface area contributed by atoms with Gasteiger partial charge in [0.2, 0.25) is 11.0 Å². The van der Waals surface area contributed by atoms with E-state index in [1.807, 2.05) is 17.5 Å². The third-order valence-corrected chi connectivity index (χ3v) is 10.1. The van der Waals surface area contributed by atoms with Gasteiger partial charge in [0.25, 0.3) is 0 Å². The van der Waals surface area contributed by atoms with E-state index < -0.39 is 9.84 Å². The van der Waals surface area contributed by atoms with E-state index in [1.54, 1.807) is 16.2 Å². The van der Waals surface area contributed by atoms with Crippen LogP contribution < -0.4 is 5.32 Å². The lowest BCUT2D eigenvalue weighted by molar-refractivity contribution is -0.130. The summed E-state index contributed by atoms with van der Waals surface area (Å²) in [6.07, 6.45) is 6.66. The summed E-state index contributed by atoms with van der Waals surface area (Å²) >= 11 is 4.44. The molecule has 0 aromatic carbocycles. The number of rotatable bonds is 8. The van der Waals surface area contributed by atoms with E-state index in [-0.39, 0.29) is 29.2 Å². The zero-order chi connectivity index (χ0) is 21.0. The Kier molecular flexibility index (Phi) is 7.32. The van der Waals surface area contributed by atoms with Crippen LogP contribution in [0.1, 0.15) is 43.4 Å². The maximum atomic E-state index is 13.0. The molecule has 1 amide bonds. The molecule has 1 saturated carbocycles. The van der Waals surface area contributed by atoms with Crippen LogP contribution in [-0.4, -0.2) is 58.8 Å². The van der Waals surface area contributed by atoms with E-state index >= 15 is 0 Å². The number of nitrogens with zero attached hydrogens (tertiary/aromatic N) is 3. The molecule has 1 aliphatic heterocycles. The number of anilines is 1. The van der Waals surface area contributed by atoms with Crippen LogP contribution in [0.3, 0.4) is 0 Å². The first-order valence-corrected chi connectivity index (χ1v) is 14.7. The van der Waals surface area contributed by atoms with Crippen LogP contribution in [0.5, 0.6) is 0 Å². The van der Waals surface area contributed by atoms with Crippen molar-refractivity contribution in [2.45, 2.75) is 61.5 Å². The average Bonchev–Trinajstić information content (AvgIpc) is 3.47. The van der Waals surface area contributed by atoms with Gasteiger partial charge in [0.15, 0.2) is 14.2 Å². The molecule has 1 N–H and O–H groups in total. The first kappa shape index (κ1) is 22.0. The summed E-state index contributed by atoms with van der Waals surface area (Å²) < 4.78 is 24.7. The third kappa shape index (κ3) is 5.95. The van der Waals surface area contributed by atoms with Crippen LogP contribution in [0.4, 0.5) is 5.13 Å². The number of hydrogen-bond donors (Lipinski definition) is 1. The number of amides is 1. The first-order valence-electron chi connectivity index (χ1n) is 10.2. The zero-order valence-corrected chi connectivity index (χ0v) is 19.9. The fraction of sp³-hybridized carbons (Fsp3) is 0.632. The van der Waals surface area contributed by atoms with Crippen molar-refractivity contribution in [2.75, 3.05) is 22.6 Å². The van der Waals surface area contributed by atoms with Gasteiger partial charge in [0.05, 0.1) is 23.8 Å². The molecule has 2 aliphatic rings. The van der Waals surface area contributed by atoms with Gasteiger partial charge in [0.1, 0.15) is 0 Å². The predicted octanol–water partition coefficient (Wildman–Crippen LogP) is 3.65. The molecule has 164 valence electrons. The van der Waals surface area contributed by atoms with Crippen molar-refractivity contribution in [1.82, 2.24) is 15.1 Å². The molecule has 3 heterocycles. The quantitative estimate of drug-likeness (QED) is 0.569. The molecule has 2 aromatic heterocycles. The second-order valence-electron chi connectivity index (χ2n) is 7.80. The maximum absolute atomic E-state index is 13.0. The van der Waals surface area contributed by atoms with Gasteiger partial charge in [-0.15, -0.1) is 21.5 Å². The van der Waals surface area contributed by atoms with Gasteiger partial charge >= 0.3 is 0 Å². The molecule has 7 nitrogen and oxygen atoms in total. The number of carbonyl (C=O) groups excluding carboxylic acids is 1. The van der Waals surface area contributed by atoms with E-state index in [1.165, 1.54) is 55.2 Å². The minimum Gasteiger partial charge on any atom is -0.357 e. The Morgan fingerprint density at radius 2 is 2.07 bits per heavy atom. The van der Waals surface area contributed by atoms with Gasteiger partial charge in [0, 0.05) is 17.0 Å². The number of sulfone groups is 1. The topological polar surface area (TPSA) is 92.3 Å². The third-order valence-electron chi connectivity index (χ3n) is 5.53. The molecule has 11 heteroatoms. The van der Waals surface area contributed by atoms with Crippen molar-refractivity contribution in [3.63, 3.8) is 0 Å². The Morgan fingerprint density at radius 3 is 2.77 bits per heavy atom. The van der Waals surface area contributed by atoms with Crippen LogP contribution >= 0.6 is 34.4 Å². The van der Waals surface area contributed by atoms with E-state index in [0.717, 1.165) is 14.3 Å². The molecular weight excluding hydrogens is 461 g/mol. The summed E-state index contributed by atoms with van der Waals surface area (Å²) in [5.41, 5.74) is 0. The fourth-order valence-electron chi connectivity index (χ4n) is 3.97. The highest BCUT2D eigenvalue weighted by molar-refractivity contribution is 8.01. The Bertz CT molecular complexity index is 939. The van der Waals surface area contributed by atoms with Crippen LogP contribution in [0.2, 0.25) is 0 Å². The van der Waals surface area contributed by atoms with Gasteiger partial charge in [-0.05, 0) is 30.7 Å². The molecule has 4 rings (SSSR count). The molecule has 0 radical (unpaired) electrons. The number of thioether (sulfide) groups is 1. The van der Waals surface area contributed by atoms with Crippen molar-refractivity contribution in [3.05, 3.63) is 22.4 Å². The molecule has 0 spiro atoms. The number of carbonyl (C=O) groups is 1. The fourth-order valence-corrected chi connectivity index (χ4v) is 8.12. The van der Waals surface area contributed by atoms with Crippen LogP contribution in [0, 0.1) is 0 Å². The van der Waals surface area contributed by atoms with Crippen molar-refractivity contribution < 1.29 is 13.2 Å². The highest BCUT2D eigenvalue weighted by atomic mass is 32.2. The lowest BCUT2D eigenvalue weighted by atomic mass is 9.96. The molecule has 1 unspecified atom stereocenters. The number of thiophene rings is 1. The lowest BCUT2D eigenvalue weighted by Gasteiger charge is -2.27. The van der Waals surface area contributed by atoms with E-state index in [4.69, 9.17) is 0 Å². The monoisotopic (exact) mass is 486 g/mol. The molecular formula is C19H26N4O3S4. The zero-order valence-electron chi connectivity index (χ0n) is 16.7. The summed E-state index contributed by atoms with van der Waals surface area (Å²) in [7, 11) is -3.06. The smallest absolute Gasteiger partial charge is 0.233 e. The van der Waals surface area contributed by atoms with Crippen molar-refractivity contribution >= 4 is 55.3 Å². The Morgan fingerprint density at radius 1 is 1.23 bits per heavy atom.